The summed E-state index contributed by atoms with van der Waals surface area (Å²) in [5, 5.41) is 21.8. The standard InChI is InChI=1S/C26H26N8/c1-31(2)14-19-9-10-32(15-19)23-7-8-24-22(11-23)17-33-16-21(20-5-3-18(13-27)4-6-20)12-25(33)26-28-29-30-34(24)26/h3-8,11-12,16,19H,9-10,14-15,17H2,1-2H3/t19-/m0/s1. The maximum Gasteiger partial charge on any atom is 0.203 e. The van der Waals surface area contributed by atoms with Crippen LogP contribution in [0.2, 0.25) is 0 Å². The molecule has 8 nitrogen and oxygen atoms in total. The molecule has 0 saturated carbocycles. The van der Waals surface area contributed by atoms with Crippen LogP contribution in [-0.2, 0) is 6.54 Å². The Kier molecular flexibility index (Phi) is 4.93. The number of rotatable bonds is 4. The second-order valence-corrected chi connectivity index (χ2v) is 9.52. The van der Waals surface area contributed by atoms with Crippen LogP contribution in [0.4, 0.5) is 5.69 Å². The van der Waals surface area contributed by atoms with E-state index in [2.05, 4.69) is 80.5 Å². The van der Waals surface area contributed by atoms with Crippen molar-refractivity contribution in [3.05, 3.63) is 65.9 Å². The summed E-state index contributed by atoms with van der Waals surface area (Å²) in [6, 6.07) is 18.6. The Balaban J connectivity index is 1.36. The predicted octanol–water partition coefficient (Wildman–Crippen LogP) is 3.42. The number of aromatic nitrogens is 5. The number of fused-ring (bicyclic) bond motifs is 5. The first-order valence-electron chi connectivity index (χ1n) is 11.6. The van der Waals surface area contributed by atoms with Gasteiger partial charge in [0, 0.05) is 43.6 Å². The first kappa shape index (κ1) is 20.6. The average molecular weight is 451 g/mol. The van der Waals surface area contributed by atoms with Crippen LogP contribution in [0.5, 0.6) is 0 Å². The number of hydrogen-bond donors (Lipinski definition) is 0. The summed E-state index contributed by atoms with van der Waals surface area (Å²) in [7, 11) is 4.30. The molecular formula is C26H26N8. The summed E-state index contributed by atoms with van der Waals surface area (Å²) in [5.41, 5.74) is 7.27. The SMILES string of the molecule is CN(C)C[C@@H]1CCN(c2ccc3c(c2)Cn2cc(-c4ccc(C#N)cc4)cc2-c2nnnn2-3)C1. The summed E-state index contributed by atoms with van der Waals surface area (Å²) < 4.78 is 4.07. The smallest absolute Gasteiger partial charge is 0.203 e. The largest absolute Gasteiger partial charge is 0.371 e. The number of hydrogen-bond acceptors (Lipinski definition) is 6. The van der Waals surface area contributed by atoms with Crippen LogP contribution in [-0.4, -0.2) is 63.4 Å². The third-order valence-electron chi connectivity index (χ3n) is 6.85. The predicted molar refractivity (Wildman–Crippen MR) is 131 cm³/mol. The van der Waals surface area contributed by atoms with E-state index in [4.69, 9.17) is 5.26 Å². The highest BCUT2D eigenvalue weighted by atomic mass is 15.5. The summed E-state index contributed by atoms with van der Waals surface area (Å²) in [5.74, 6) is 1.43. The van der Waals surface area contributed by atoms with Crippen molar-refractivity contribution in [3.8, 4) is 34.4 Å². The second-order valence-electron chi connectivity index (χ2n) is 9.52. The van der Waals surface area contributed by atoms with Crippen molar-refractivity contribution in [2.24, 2.45) is 5.92 Å². The molecule has 0 amide bonds. The van der Waals surface area contributed by atoms with Gasteiger partial charge in [-0.2, -0.15) is 9.94 Å². The van der Waals surface area contributed by atoms with E-state index in [0.29, 0.717) is 11.5 Å². The molecule has 1 atom stereocenters. The van der Waals surface area contributed by atoms with Crippen LogP contribution >= 0.6 is 0 Å². The Labute approximate surface area is 198 Å². The molecule has 2 aliphatic rings. The van der Waals surface area contributed by atoms with Gasteiger partial charge >= 0.3 is 0 Å². The fraction of sp³-hybridized carbons (Fsp3) is 0.308. The van der Waals surface area contributed by atoms with E-state index in [-0.39, 0.29) is 0 Å². The third-order valence-corrected chi connectivity index (χ3v) is 6.85. The first-order chi connectivity index (χ1) is 16.6. The number of anilines is 1. The van der Waals surface area contributed by atoms with Crippen molar-refractivity contribution in [1.82, 2.24) is 29.7 Å². The van der Waals surface area contributed by atoms with Gasteiger partial charge in [-0.25, -0.2) is 0 Å². The Morgan fingerprint density at radius 1 is 1.09 bits per heavy atom. The van der Waals surface area contributed by atoms with Crippen molar-refractivity contribution in [2.75, 3.05) is 38.6 Å². The molecular weight excluding hydrogens is 424 g/mol. The van der Waals surface area contributed by atoms with E-state index >= 15 is 0 Å². The lowest BCUT2D eigenvalue weighted by Gasteiger charge is -2.21. The first-order valence-corrected chi connectivity index (χ1v) is 11.6. The number of nitrogens with zero attached hydrogens (tertiary/aromatic N) is 8. The van der Waals surface area contributed by atoms with E-state index in [1.165, 1.54) is 17.7 Å². The fourth-order valence-electron chi connectivity index (χ4n) is 5.25. The highest BCUT2D eigenvalue weighted by Crippen LogP contribution is 2.35. The minimum Gasteiger partial charge on any atom is -0.371 e. The lowest BCUT2D eigenvalue weighted by Crippen LogP contribution is -2.25. The van der Waals surface area contributed by atoms with Gasteiger partial charge in [-0.05, 0) is 84.4 Å². The van der Waals surface area contributed by atoms with Crippen LogP contribution < -0.4 is 4.90 Å². The molecule has 0 bridgehead atoms. The van der Waals surface area contributed by atoms with Crippen LogP contribution in [0.15, 0.2) is 54.7 Å². The van der Waals surface area contributed by atoms with Crippen LogP contribution in [0.1, 0.15) is 17.5 Å². The van der Waals surface area contributed by atoms with Gasteiger partial charge in [0.2, 0.25) is 5.82 Å². The van der Waals surface area contributed by atoms with Crippen molar-refractivity contribution in [3.63, 3.8) is 0 Å². The normalized spacial score (nSPS) is 16.6. The van der Waals surface area contributed by atoms with Crippen molar-refractivity contribution >= 4 is 5.69 Å². The van der Waals surface area contributed by atoms with Gasteiger partial charge in [-0.15, -0.1) is 5.10 Å². The number of tetrazole rings is 1. The molecule has 8 heteroatoms. The summed E-state index contributed by atoms with van der Waals surface area (Å²) >= 11 is 0. The molecule has 0 radical (unpaired) electrons. The van der Waals surface area contributed by atoms with Crippen molar-refractivity contribution in [1.29, 1.82) is 5.26 Å². The minimum absolute atomic E-state index is 0.657. The summed E-state index contributed by atoms with van der Waals surface area (Å²) in [6.45, 7) is 4.03. The van der Waals surface area contributed by atoms with E-state index < -0.39 is 0 Å². The van der Waals surface area contributed by atoms with E-state index in [9.17, 15) is 0 Å². The maximum atomic E-state index is 9.11. The molecule has 0 aliphatic carbocycles. The zero-order valence-electron chi connectivity index (χ0n) is 19.4. The highest BCUT2D eigenvalue weighted by molar-refractivity contribution is 5.72. The number of benzene rings is 2. The monoisotopic (exact) mass is 450 g/mol. The molecule has 2 aromatic carbocycles. The van der Waals surface area contributed by atoms with Gasteiger partial charge < -0.3 is 14.4 Å². The lowest BCUT2D eigenvalue weighted by atomic mass is 10.1. The highest BCUT2D eigenvalue weighted by Gasteiger charge is 2.26. The van der Waals surface area contributed by atoms with Crippen LogP contribution in [0.3, 0.4) is 0 Å². The molecule has 34 heavy (non-hydrogen) atoms. The Morgan fingerprint density at radius 3 is 2.74 bits per heavy atom. The van der Waals surface area contributed by atoms with Crippen molar-refractivity contribution in [2.45, 2.75) is 13.0 Å². The molecule has 1 fully saturated rings. The average Bonchev–Trinajstić information content (AvgIpc) is 3.57. The molecule has 0 unspecified atom stereocenters. The zero-order chi connectivity index (χ0) is 23.2. The number of nitriles is 1. The van der Waals surface area contributed by atoms with Crippen molar-refractivity contribution < 1.29 is 0 Å². The summed E-state index contributed by atoms with van der Waals surface area (Å²) in [6.07, 6.45) is 3.38. The quantitative estimate of drug-likeness (QED) is 0.418. The topological polar surface area (TPSA) is 78.8 Å². The van der Waals surface area contributed by atoms with E-state index in [0.717, 1.165) is 54.5 Å². The lowest BCUT2D eigenvalue weighted by molar-refractivity contribution is 0.340. The van der Waals surface area contributed by atoms with Gasteiger partial charge in [0.05, 0.1) is 23.0 Å². The van der Waals surface area contributed by atoms with Gasteiger partial charge in [0.1, 0.15) is 0 Å². The zero-order valence-corrected chi connectivity index (χ0v) is 19.4. The van der Waals surface area contributed by atoms with Gasteiger partial charge in [0.25, 0.3) is 0 Å². The maximum absolute atomic E-state index is 9.11. The molecule has 2 aliphatic heterocycles. The second kappa shape index (κ2) is 8.12. The minimum atomic E-state index is 0.657. The molecule has 2 aromatic heterocycles. The van der Waals surface area contributed by atoms with Crippen LogP contribution in [0.25, 0.3) is 28.3 Å². The molecule has 4 heterocycles. The molecule has 0 spiro atoms. The Hall–Kier alpha value is -3.96. The fourth-order valence-corrected chi connectivity index (χ4v) is 5.25. The van der Waals surface area contributed by atoms with E-state index in [1.807, 2.05) is 28.9 Å². The molecule has 4 aromatic rings. The Morgan fingerprint density at radius 2 is 1.94 bits per heavy atom. The van der Waals surface area contributed by atoms with Gasteiger partial charge in [-0.1, -0.05) is 12.1 Å². The molecule has 1 saturated heterocycles. The summed E-state index contributed by atoms with van der Waals surface area (Å²) in [4.78, 5) is 4.78. The van der Waals surface area contributed by atoms with E-state index in [1.54, 1.807) is 0 Å². The third kappa shape index (κ3) is 3.55. The van der Waals surface area contributed by atoms with Gasteiger partial charge in [-0.3, -0.25) is 0 Å². The molecule has 0 N–H and O–H groups in total. The van der Waals surface area contributed by atoms with Gasteiger partial charge in [0.15, 0.2) is 0 Å². The van der Waals surface area contributed by atoms with Crippen LogP contribution in [0, 0.1) is 17.2 Å². The Bertz CT molecular complexity index is 1390. The molecule has 170 valence electrons. The molecule has 6 rings (SSSR count).